The van der Waals surface area contributed by atoms with E-state index in [1.165, 1.54) is 12.8 Å². The number of aryl methyl sites for hydroxylation is 2. The molecule has 0 unspecified atom stereocenters. The summed E-state index contributed by atoms with van der Waals surface area (Å²) in [5.74, 6) is 1.35. The van der Waals surface area contributed by atoms with Crippen LogP contribution >= 0.6 is 0 Å². The van der Waals surface area contributed by atoms with Gasteiger partial charge >= 0.3 is 0 Å². The molecule has 0 radical (unpaired) electrons. The van der Waals surface area contributed by atoms with Crippen LogP contribution in [-0.4, -0.2) is 27.9 Å². The van der Waals surface area contributed by atoms with E-state index in [4.69, 9.17) is 4.74 Å². The Morgan fingerprint density at radius 1 is 1.43 bits per heavy atom. The number of nitrogens with one attached hydrogen (secondary N) is 1. The summed E-state index contributed by atoms with van der Waals surface area (Å²) in [6, 6.07) is 0. The first-order valence-corrected chi connectivity index (χ1v) is 7.85. The third-order valence-electron chi connectivity index (χ3n) is 4.42. The quantitative estimate of drug-likeness (QED) is 0.928. The van der Waals surface area contributed by atoms with E-state index in [2.05, 4.69) is 17.3 Å². The van der Waals surface area contributed by atoms with Crippen LogP contribution in [-0.2, 0) is 16.6 Å². The Kier molecular flexibility index (Phi) is 5.04. The first kappa shape index (κ1) is 16.0. The van der Waals surface area contributed by atoms with Crippen molar-refractivity contribution in [3.63, 3.8) is 0 Å². The van der Waals surface area contributed by atoms with Gasteiger partial charge < -0.3 is 10.1 Å². The van der Waals surface area contributed by atoms with Gasteiger partial charge in [0.2, 0.25) is 0 Å². The molecule has 1 heterocycles. The number of aromatic nitrogens is 2. The Morgan fingerprint density at radius 2 is 2.14 bits per heavy atom. The van der Waals surface area contributed by atoms with Gasteiger partial charge in [0, 0.05) is 12.6 Å². The van der Waals surface area contributed by atoms with E-state index in [-0.39, 0.29) is 12.0 Å². The van der Waals surface area contributed by atoms with Crippen molar-refractivity contribution in [3.05, 3.63) is 11.3 Å². The van der Waals surface area contributed by atoms with E-state index in [1.54, 1.807) is 4.68 Å². The second-order valence-corrected chi connectivity index (χ2v) is 6.34. The molecule has 3 atom stereocenters. The lowest BCUT2D eigenvalue weighted by Gasteiger charge is -2.29. The van der Waals surface area contributed by atoms with Crippen molar-refractivity contribution in [3.8, 4) is 0 Å². The second kappa shape index (κ2) is 6.60. The van der Waals surface area contributed by atoms with Gasteiger partial charge in [-0.2, -0.15) is 5.10 Å². The highest BCUT2D eigenvalue weighted by atomic mass is 16.5. The van der Waals surface area contributed by atoms with Gasteiger partial charge in [-0.3, -0.25) is 9.48 Å². The average Bonchev–Trinajstić information content (AvgIpc) is 2.65. The summed E-state index contributed by atoms with van der Waals surface area (Å²) in [6.07, 6.45) is 4.36. The fraction of sp³-hybridized carbons (Fsp3) is 0.750. The molecule has 1 aromatic rings. The predicted molar refractivity (Wildman–Crippen MR) is 83.3 cm³/mol. The van der Waals surface area contributed by atoms with Crippen LogP contribution in [0, 0.1) is 19.8 Å². The average molecular weight is 293 g/mol. The Hall–Kier alpha value is -1.36. The van der Waals surface area contributed by atoms with Crippen molar-refractivity contribution in [2.75, 3.05) is 5.32 Å². The Labute approximate surface area is 127 Å². The van der Waals surface area contributed by atoms with Crippen LogP contribution in [0.1, 0.15) is 50.8 Å². The van der Waals surface area contributed by atoms with Crippen molar-refractivity contribution >= 4 is 11.7 Å². The summed E-state index contributed by atoms with van der Waals surface area (Å²) in [5, 5.41) is 7.25. The van der Waals surface area contributed by atoms with Crippen LogP contribution in [0.3, 0.4) is 0 Å². The lowest BCUT2D eigenvalue weighted by molar-refractivity contribution is -0.131. The molecule has 1 fully saturated rings. The van der Waals surface area contributed by atoms with E-state index >= 15 is 0 Å². The van der Waals surface area contributed by atoms with E-state index < -0.39 is 6.10 Å². The van der Waals surface area contributed by atoms with Gasteiger partial charge in [-0.15, -0.1) is 0 Å². The molecule has 1 amide bonds. The zero-order valence-electron chi connectivity index (χ0n) is 13.8. The summed E-state index contributed by atoms with van der Waals surface area (Å²) in [7, 11) is 1.84. The number of rotatable bonds is 4. The van der Waals surface area contributed by atoms with Gasteiger partial charge in [-0.25, -0.2) is 0 Å². The van der Waals surface area contributed by atoms with E-state index in [1.807, 2.05) is 27.8 Å². The molecule has 0 aliphatic heterocycles. The molecule has 1 aliphatic rings. The van der Waals surface area contributed by atoms with Crippen molar-refractivity contribution in [1.29, 1.82) is 0 Å². The second-order valence-electron chi connectivity index (χ2n) is 6.34. The third-order valence-corrected chi connectivity index (χ3v) is 4.42. The van der Waals surface area contributed by atoms with Gasteiger partial charge in [0.05, 0.1) is 11.8 Å². The smallest absolute Gasteiger partial charge is 0.254 e. The molecule has 5 nitrogen and oxygen atoms in total. The third kappa shape index (κ3) is 3.84. The molecule has 1 saturated carbocycles. The summed E-state index contributed by atoms with van der Waals surface area (Å²) in [6.45, 7) is 7.98. The van der Waals surface area contributed by atoms with Gasteiger partial charge in [-0.1, -0.05) is 19.8 Å². The maximum absolute atomic E-state index is 12.3. The molecular weight excluding hydrogens is 266 g/mol. The maximum atomic E-state index is 12.3. The Balaban J connectivity index is 1.93. The number of hydrogen-bond donors (Lipinski definition) is 1. The molecule has 2 rings (SSSR count). The lowest BCUT2D eigenvalue weighted by atomic mass is 9.88. The monoisotopic (exact) mass is 293 g/mol. The fourth-order valence-corrected chi connectivity index (χ4v) is 3.01. The SMILES string of the molecule is Cc1nn(C)c(NC(=O)[C@H](C)O[C@@H]2CCC[C@H](C)C2)c1C. The summed E-state index contributed by atoms with van der Waals surface area (Å²) < 4.78 is 7.65. The minimum absolute atomic E-state index is 0.0978. The van der Waals surface area contributed by atoms with Crippen LogP contribution in [0.5, 0.6) is 0 Å². The number of hydrogen-bond acceptors (Lipinski definition) is 3. The summed E-state index contributed by atoms with van der Waals surface area (Å²) >= 11 is 0. The molecular formula is C16H27N3O2. The number of carbonyl (C=O) groups excluding carboxylic acids is 1. The largest absolute Gasteiger partial charge is 0.365 e. The summed E-state index contributed by atoms with van der Waals surface area (Å²) in [5.41, 5.74) is 1.94. The molecule has 0 aromatic carbocycles. The maximum Gasteiger partial charge on any atom is 0.254 e. The van der Waals surface area contributed by atoms with E-state index in [0.29, 0.717) is 5.92 Å². The standard InChI is InChI=1S/C16H27N3O2/c1-10-7-6-8-14(9-10)21-13(4)16(20)17-15-11(2)12(3)18-19(15)5/h10,13-14H,6-9H2,1-5H3,(H,17,20)/t10-,13-,14+/m0/s1. The molecule has 1 N–H and O–H groups in total. The Morgan fingerprint density at radius 3 is 2.71 bits per heavy atom. The molecule has 1 aromatic heterocycles. The highest BCUT2D eigenvalue weighted by molar-refractivity contribution is 5.93. The van der Waals surface area contributed by atoms with Crippen molar-refractivity contribution < 1.29 is 9.53 Å². The molecule has 5 heteroatoms. The fourth-order valence-electron chi connectivity index (χ4n) is 3.01. The van der Waals surface area contributed by atoms with Gasteiger partial charge in [0.25, 0.3) is 5.91 Å². The lowest BCUT2D eigenvalue weighted by Crippen LogP contribution is -2.34. The molecule has 0 saturated heterocycles. The van der Waals surface area contributed by atoms with Crippen molar-refractivity contribution in [2.24, 2.45) is 13.0 Å². The minimum atomic E-state index is -0.435. The van der Waals surface area contributed by atoms with Crippen LogP contribution in [0.25, 0.3) is 0 Å². The van der Waals surface area contributed by atoms with Crippen molar-refractivity contribution in [2.45, 2.75) is 65.6 Å². The first-order valence-electron chi connectivity index (χ1n) is 7.85. The van der Waals surface area contributed by atoms with Gasteiger partial charge in [0.1, 0.15) is 11.9 Å². The van der Waals surface area contributed by atoms with Crippen LogP contribution < -0.4 is 5.32 Å². The zero-order chi connectivity index (χ0) is 15.6. The molecule has 0 spiro atoms. The number of amides is 1. The van der Waals surface area contributed by atoms with Gasteiger partial charge in [0.15, 0.2) is 0 Å². The van der Waals surface area contributed by atoms with E-state index in [9.17, 15) is 4.79 Å². The molecule has 0 bridgehead atoms. The summed E-state index contributed by atoms with van der Waals surface area (Å²) in [4.78, 5) is 12.3. The van der Waals surface area contributed by atoms with Crippen LogP contribution in [0.15, 0.2) is 0 Å². The van der Waals surface area contributed by atoms with E-state index in [0.717, 1.165) is 29.9 Å². The highest BCUT2D eigenvalue weighted by Gasteiger charge is 2.25. The van der Waals surface area contributed by atoms with Crippen LogP contribution in [0.2, 0.25) is 0 Å². The zero-order valence-corrected chi connectivity index (χ0v) is 13.8. The first-order chi connectivity index (χ1) is 9.88. The number of nitrogens with zero attached hydrogens (tertiary/aromatic N) is 2. The normalized spacial score (nSPS) is 23.9. The number of anilines is 1. The predicted octanol–water partition coefficient (Wildman–Crippen LogP) is 2.96. The number of carbonyl (C=O) groups is 1. The minimum Gasteiger partial charge on any atom is -0.365 e. The molecule has 21 heavy (non-hydrogen) atoms. The molecule has 118 valence electrons. The number of ether oxygens (including phenoxy) is 1. The molecule has 1 aliphatic carbocycles. The Bertz CT molecular complexity index is 510. The van der Waals surface area contributed by atoms with Gasteiger partial charge in [-0.05, 0) is 39.5 Å². The highest BCUT2D eigenvalue weighted by Crippen LogP contribution is 2.26. The van der Waals surface area contributed by atoms with Crippen LogP contribution in [0.4, 0.5) is 5.82 Å². The van der Waals surface area contributed by atoms with Crippen molar-refractivity contribution in [1.82, 2.24) is 9.78 Å². The topological polar surface area (TPSA) is 56.2 Å².